The topological polar surface area (TPSA) is 86.3 Å². The second-order valence-corrected chi connectivity index (χ2v) is 8.00. The van der Waals surface area contributed by atoms with Gasteiger partial charge in [-0.15, -0.1) is 10.2 Å². The lowest BCUT2D eigenvalue weighted by Gasteiger charge is -2.22. The molecule has 1 aromatic heterocycles. The number of thioether (sulfide) groups is 1. The van der Waals surface area contributed by atoms with Gasteiger partial charge in [0.05, 0.1) is 0 Å². The summed E-state index contributed by atoms with van der Waals surface area (Å²) in [4.78, 5) is 15.0. The lowest BCUT2D eigenvalue weighted by Crippen LogP contribution is -2.31. The SMILES string of the molecule is Nn1c(COc2ccccc2F)nnc1SC(C(=O)N1CCCC1)c1ccccc1. The maximum Gasteiger partial charge on any atom is 0.240 e. The Morgan fingerprint density at radius 3 is 2.53 bits per heavy atom. The zero-order valence-electron chi connectivity index (χ0n) is 16.3. The van der Waals surface area contributed by atoms with E-state index in [0.717, 1.165) is 31.5 Å². The number of nitrogen functional groups attached to an aromatic ring is 1. The molecule has 1 amide bonds. The van der Waals surface area contributed by atoms with Crippen LogP contribution in [0, 0.1) is 5.82 Å². The van der Waals surface area contributed by atoms with Crippen LogP contribution < -0.4 is 10.6 Å². The minimum absolute atomic E-state index is 0.0378. The molecule has 1 fully saturated rings. The van der Waals surface area contributed by atoms with E-state index >= 15 is 0 Å². The second-order valence-electron chi connectivity index (χ2n) is 6.93. The Balaban J connectivity index is 1.52. The summed E-state index contributed by atoms with van der Waals surface area (Å²) in [6.45, 7) is 1.49. The molecule has 2 heterocycles. The van der Waals surface area contributed by atoms with E-state index in [9.17, 15) is 9.18 Å². The number of halogens is 1. The number of hydrogen-bond acceptors (Lipinski definition) is 6. The normalized spacial score (nSPS) is 14.6. The number of hydrogen-bond donors (Lipinski definition) is 1. The minimum Gasteiger partial charge on any atom is -0.482 e. The van der Waals surface area contributed by atoms with Gasteiger partial charge in [-0.05, 0) is 30.5 Å². The molecule has 0 radical (unpaired) electrons. The summed E-state index contributed by atoms with van der Waals surface area (Å²) in [6.07, 6.45) is 2.03. The number of ether oxygens (including phenoxy) is 1. The fourth-order valence-corrected chi connectivity index (χ4v) is 4.35. The number of benzene rings is 2. The number of likely N-dealkylation sites (tertiary alicyclic amines) is 1. The Hall–Kier alpha value is -3.07. The van der Waals surface area contributed by atoms with E-state index < -0.39 is 11.1 Å². The molecular formula is C21H22FN5O2S. The average molecular weight is 428 g/mol. The molecule has 0 bridgehead atoms. The van der Waals surface area contributed by atoms with Crippen molar-refractivity contribution in [3.63, 3.8) is 0 Å². The number of carbonyl (C=O) groups is 1. The Kier molecular flexibility index (Phi) is 6.18. The molecule has 7 nitrogen and oxygen atoms in total. The van der Waals surface area contributed by atoms with Gasteiger partial charge < -0.3 is 15.5 Å². The molecule has 1 aliphatic rings. The maximum absolute atomic E-state index is 13.7. The molecule has 0 spiro atoms. The van der Waals surface area contributed by atoms with E-state index in [1.54, 1.807) is 12.1 Å². The van der Waals surface area contributed by atoms with Gasteiger partial charge in [0, 0.05) is 13.1 Å². The number of amides is 1. The van der Waals surface area contributed by atoms with Gasteiger partial charge in [-0.2, -0.15) is 0 Å². The third-order valence-corrected chi connectivity index (χ3v) is 6.09. The van der Waals surface area contributed by atoms with Crippen LogP contribution in [-0.4, -0.2) is 38.8 Å². The highest BCUT2D eigenvalue weighted by molar-refractivity contribution is 8.00. The third kappa shape index (κ3) is 4.40. The summed E-state index contributed by atoms with van der Waals surface area (Å²) < 4.78 is 20.5. The molecule has 4 rings (SSSR count). The monoisotopic (exact) mass is 427 g/mol. The maximum atomic E-state index is 13.7. The van der Waals surface area contributed by atoms with E-state index in [2.05, 4.69) is 10.2 Å². The van der Waals surface area contributed by atoms with E-state index in [1.165, 1.54) is 28.6 Å². The molecule has 1 aliphatic heterocycles. The van der Waals surface area contributed by atoms with Crippen LogP contribution >= 0.6 is 11.8 Å². The summed E-state index contributed by atoms with van der Waals surface area (Å²) in [5, 5.41) is 8.11. The predicted molar refractivity (Wildman–Crippen MR) is 112 cm³/mol. The first-order valence-corrected chi connectivity index (χ1v) is 10.6. The van der Waals surface area contributed by atoms with Crippen LogP contribution in [0.25, 0.3) is 0 Å². The van der Waals surface area contributed by atoms with E-state index in [4.69, 9.17) is 10.6 Å². The molecule has 0 saturated carbocycles. The lowest BCUT2D eigenvalue weighted by molar-refractivity contribution is -0.129. The minimum atomic E-state index is -0.476. The summed E-state index contributed by atoms with van der Waals surface area (Å²) in [5.41, 5.74) is 0.881. The van der Waals surface area contributed by atoms with Crippen LogP contribution in [0.1, 0.15) is 29.5 Å². The molecule has 156 valence electrons. The summed E-state index contributed by atoms with van der Waals surface area (Å²) >= 11 is 1.25. The summed E-state index contributed by atoms with van der Waals surface area (Å²) in [6, 6.07) is 15.7. The number of carbonyl (C=O) groups excluding carboxylic acids is 1. The highest BCUT2D eigenvalue weighted by Gasteiger charge is 2.30. The number of aromatic nitrogens is 3. The zero-order valence-corrected chi connectivity index (χ0v) is 17.1. The standard InChI is InChI=1S/C21H22FN5O2S/c22-16-10-4-5-11-17(16)29-14-18-24-25-21(27(18)23)30-19(15-8-2-1-3-9-15)20(28)26-12-6-7-13-26/h1-5,8-11,19H,6-7,12-14,23H2. The van der Waals surface area contributed by atoms with E-state index in [-0.39, 0.29) is 18.3 Å². The number of nitrogens with two attached hydrogens (primary N) is 1. The lowest BCUT2D eigenvalue weighted by atomic mass is 10.1. The van der Waals surface area contributed by atoms with Crippen molar-refractivity contribution in [3.05, 3.63) is 71.8 Å². The Bertz CT molecular complexity index is 1010. The van der Waals surface area contributed by atoms with Crippen molar-refractivity contribution in [1.29, 1.82) is 0 Å². The van der Waals surface area contributed by atoms with Crippen molar-refractivity contribution in [2.75, 3.05) is 18.9 Å². The van der Waals surface area contributed by atoms with Gasteiger partial charge in [0.1, 0.15) is 11.9 Å². The molecule has 2 aromatic carbocycles. The van der Waals surface area contributed by atoms with E-state index in [0.29, 0.717) is 11.0 Å². The van der Waals surface area contributed by atoms with Crippen molar-refractivity contribution in [3.8, 4) is 5.75 Å². The highest BCUT2D eigenvalue weighted by atomic mass is 32.2. The molecule has 30 heavy (non-hydrogen) atoms. The Morgan fingerprint density at radius 1 is 1.10 bits per heavy atom. The van der Waals surface area contributed by atoms with Crippen LogP contribution in [0.4, 0.5) is 4.39 Å². The fourth-order valence-electron chi connectivity index (χ4n) is 3.29. The van der Waals surface area contributed by atoms with Crippen molar-refractivity contribution < 1.29 is 13.9 Å². The molecular weight excluding hydrogens is 405 g/mol. The fraction of sp³-hybridized carbons (Fsp3) is 0.286. The Morgan fingerprint density at radius 2 is 1.80 bits per heavy atom. The van der Waals surface area contributed by atoms with Crippen LogP contribution in [0.5, 0.6) is 5.75 Å². The highest BCUT2D eigenvalue weighted by Crippen LogP contribution is 2.36. The van der Waals surface area contributed by atoms with Crippen LogP contribution in [0.3, 0.4) is 0 Å². The predicted octanol–water partition coefficient (Wildman–Crippen LogP) is 3.17. The number of para-hydroxylation sites is 1. The van der Waals surface area contributed by atoms with Gasteiger partial charge in [-0.1, -0.05) is 54.2 Å². The average Bonchev–Trinajstić information content (AvgIpc) is 3.42. The molecule has 3 aromatic rings. The smallest absolute Gasteiger partial charge is 0.240 e. The molecule has 1 atom stereocenters. The quantitative estimate of drug-likeness (QED) is 0.460. The van der Waals surface area contributed by atoms with Gasteiger partial charge in [-0.25, -0.2) is 9.07 Å². The molecule has 1 saturated heterocycles. The van der Waals surface area contributed by atoms with Crippen molar-refractivity contribution >= 4 is 17.7 Å². The van der Waals surface area contributed by atoms with Gasteiger partial charge >= 0.3 is 0 Å². The second kappa shape index (κ2) is 9.17. The first kappa shape index (κ1) is 20.2. The van der Waals surface area contributed by atoms with E-state index in [1.807, 2.05) is 35.2 Å². The van der Waals surface area contributed by atoms with Crippen molar-refractivity contribution in [1.82, 2.24) is 19.8 Å². The molecule has 9 heteroatoms. The van der Waals surface area contributed by atoms with Crippen LogP contribution in [-0.2, 0) is 11.4 Å². The molecule has 1 unspecified atom stereocenters. The number of nitrogens with zero attached hydrogens (tertiary/aromatic N) is 4. The molecule has 0 aliphatic carbocycles. The van der Waals surface area contributed by atoms with Crippen molar-refractivity contribution in [2.45, 2.75) is 29.9 Å². The zero-order chi connectivity index (χ0) is 20.9. The Labute approximate surface area is 178 Å². The third-order valence-electron chi connectivity index (χ3n) is 4.90. The largest absolute Gasteiger partial charge is 0.482 e. The van der Waals surface area contributed by atoms with Gasteiger partial charge in [0.25, 0.3) is 0 Å². The number of rotatable bonds is 7. The van der Waals surface area contributed by atoms with Crippen LogP contribution in [0.2, 0.25) is 0 Å². The van der Waals surface area contributed by atoms with Crippen LogP contribution in [0.15, 0.2) is 59.8 Å². The van der Waals surface area contributed by atoms with Gasteiger partial charge in [0.15, 0.2) is 17.4 Å². The van der Waals surface area contributed by atoms with Gasteiger partial charge in [-0.3, -0.25) is 4.79 Å². The summed E-state index contributed by atoms with van der Waals surface area (Å²) in [7, 11) is 0. The molecule has 2 N–H and O–H groups in total. The van der Waals surface area contributed by atoms with Crippen molar-refractivity contribution in [2.24, 2.45) is 0 Å². The first-order valence-electron chi connectivity index (χ1n) is 9.70. The first-order chi connectivity index (χ1) is 14.6. The van der Waals surface area contributed by atoms with Gasteiger partial charge in [0.2, 0.25) is 11.1 Å². The summed E-state index contributed by atoms with van der Waals surface area (Å²) in [5.74, 6) is 6.18.